The van der Waals surface area contributed by atoms with Crippen LogP contribution in [0.5, 0.6) is 0 Å². The van der Waals surface area contributed by atoms with Crippen molar-refractivity contribution in [2.24, 2.45) is 0 Å². The number of aryl methyl sites for hydroxylation is 1. The molecule has 1 heterocycles. The van der Waals surface area contributed by atoms with Crippen LogP contribution in [0, 0.1) is 0 Å². The summed E-state index contributed by atoms with van der Waals surface area (Å²) < 4.78 is 5.24. The Hall–Kier alpha value is -0.820. The van der Waals surface area contributed by atoms with Crippen molar-refractivity contribution in [3.8, 4) is 0 Å². The molecule has 1 saturated heterocycles. The summed E-state index contributed by atoms with van der Waals surface area (Å²) in [5.41, 5.74) is 2.81. The van der Waals surface area contributed by atoms with Crippen LogP contribution in [0.15, 0.2) is 24.3 Å². The van der Waals surface area contributed by atoms with Gasteiger partial charge in [-0.25, -0.2) is 0 Å². The maximum absolute atomic E-state index is 5.24. The van der Waals surface area contributed by atoms with E-state index in [1.807, 2.05) is 0 Å². The molecule has 58 valence electrons. The first-order chi connectivity index (χ1) is 5.42. The van der Waals surface area contributed by atoms with Crippen molar-refractivity contribution in [3.63, 3.8) is 0 Å². The minimum atomic E-state index is 0.408. The Morgan fingerprint density at radius 2 is 2.18 bits per heavy atom. The van der Waals surface area contributed by atoms with Crippen LogP contribution < -0.4 is 0 Å². The van der Waals surface area contributed by atoms with Crippen molar-refractivity contribution in [2.75, 3.05) is 6.61 Å². The molecule has 1 fully saturated rings. The first kappa shape index (κ1) is 6.86. The molecule has 1 aromatic rings. The topological polar surface area (TPSA) is 12.5 Å². The number of epoxide rings is 1. The zero-order valence-corrected chi connectivity index (χ0v) is 6.71. The zero-order chi connectivity index (χ0) is 7.68. The van der Waals surface area contributed by atoms with E-state index in [1.54, 1.807) is 0 Å². The van der Waals surface area contributed by atoms with Crippen LogP contribution in [0.2, 0.25) is 0 Å². The third kappa shape index (κ3) is 1.29. The molecular formula is C10H12O. The summed E-state index contributed by atoms with van der Waals surface area (Å²) in [7, 11) is 0. The quantitative estimate of drug-likeness (QED) is 0.586. The lowest BCUT2D eigenvalue weighted by Crippen LogP contribution is -1.89. The van der Waals surface area contributed by atoms with E-state index in [9.17, 15) is 0 Å². The van der Waals surface area contributed by atoms with Crippen molar-refractivity contribution in [2.45, 2.75) is 19.4 Å². The highest BCUT2D eigenvalue weighted by Crippen LogP contribution is 2.32. The minimum Gasteiger partial charge on any atom is -0.368 e. The Morgan fingerprint density at radius 3 is 2.82 bits per heavy atom. The van der Waals surface area contributed by atoms with Crippen molar-refractivity contribution in [3.05, 3.63) is 35.4 Å². The SMILES string of the molecule is CCc1ccccc1[C@@H]1CO1. The standard InChI is InChI=1S/C10H12O/c1-2-8-5-3-4-6-9(8)10-7-11-10/h3-6,10H,2,7H2,1H3/t10-/m0/s1. The van der Waals surface area contributed by atoms with Crippen molar-refractivity contribution in [1.82, 2.24) is 0 Å². The van der Waals surface area contributed by atoms with Gasteiger partial charge >= 0.3 is 0 Å². The second-order valence-electron chi connectivity index (χ2n) is 2.87. The van der Waals surface area contributed by atoms with E-state index in [2.05, 4.69) is 31.2 Å². The van der Waals surface area contributed by atoms with Crippen molar-refractivity contribution in [1.29, 1.82) is 0 Å². The molecular weight excluding hydrogens is 136 g/mol. The molecule has 0 aromatic heterocycles. The molecule has 1 heteroatoms. The van der Waals surface area contributed by atoms with Crippen molar-refractivity contribution >= 4 is 0 Å². The van der Waals surface area contributed by atoms with Gasteiger partial charge in [-0.1, -0.05) is 31.2 Å². The molecule has 1 atom stereocenters. The number of ether oxygens (including phenoxy) is 1. The van der Waals surface area contributed by atoms with Gasteiger partial charge in [0.25, 0.3) is 0 Å². The van der Waals surface area contributed by atoms with E-state index in [0.29, 0.717) is 6.10 Å². The lowest BCUT2D eigenvalue weighted by molar-refractivity contribution is 0.414. The van der Waals surface area contributed by atoms with E-state index in [4.69, 9.17) is 4.74 Å². The van der Waals surface area contributed by atoms with Crippen molar-refractivity contribution < 1.29 is 4.74 Å². The second kappa shape index (κ2) is 2.67. The first-order valence-electron chi connectivity index (χ1n) is 4.11. The Morgan fingerprint density at radius 1 is 1.45 bits per heavy atom. The van der Waals surface area contributed by atoms with E-state index in [-0.39, 0.29) is 0 Å². The Labute approximate surface area is 67.0 Å². The van der Waals surface area contributed by atoms with Crippen LogP contribution in [-0.2, 0) is 11.2 Å². The normalized spacial score (nSPS) is 21.7. The highest BCUT2D eigenvalue weighted by Gasteiger charge is 2.26. The summed E-state index contributed by atoms with van der Waals surface area (Å²) >= 11 is 0. The Bertz CT molecular complexity index is 251. The first-order valence-corrected chi connectivity index (χ1v) is 4.11. The second-order valence-corrected chi connectivity index (χ2v) is 2.87. The Balaban J connectivity index is 2.34. The van der Waals surface area contributed by atoms with Crippen LogP contribution in [-0.4, -0.2) is 6.61 Å². The predicted octanol–water partition coefficient (Wildman–Crippen LogP) is 2.32. The van der Waals surface area contributed by atoms with Crippen LogP contribution in [0.25, 0.3) is 0 Å². The lowest BCUT2D eigenvalue weighted by atomic mass is 10.0. The zero-order valence-electron chi connectivity index (χ0n) is 6.71. The molecule has 0 amide bonds. The molecule has 0 bridgehead atoms. The fourth-order valence-corrected chi connectivity index (χ4v) is 1.40. The van der Waals surface area contributed by atoms with Gasteiger partial charge in [-0.05, 0) is 17.5 Å². The van der Waals surface area contributed by atoms with Gasteiger partial charge in [-0.15, -0.1) is 0 Å². The third-order valence-electron chi connectivity index (χ3n) is 2.12. The summed E-state index contributed by atoms with van der Waals surface area (Å²) in [6.07, 6.45) is 1.52. The fraction of sp³-hybridized carbons (Fsp3) is 0.400. The van der Waals surface area contributed by atoms with Gasteiger partial charge in [0, 0.05) is 0 Å². The van der Waals surface area contributed by atoms with Crippen LogP contribution in [0.3, 0.4) is 0 Å². The maximum Gasteiger partial charge on any atom is 0.106 e. The molecule has 1 nitrogen and oxygen atoms in total. The van der Waals surface area contributed by atoms with Gasteiger partial charge in [-0.3, -0.25) is 0 Å². The summed E-state index contributed by atoms with van der Waals surface area (Å²) in [4.78, 5) is 0. The highest BCUT2D eigenvalue weighted by molar-refractivity contribution is 5.30. The fourth-order valence-electron chi connectivity index (χ4n) is 1.40. The lowest BCUT2D eigenvalue weighted by Gasteiger charge is -2.02. The molecule has 1 aliphatic rings. The molecule has 0 unspecified atom stereocenters. The molecule has 0 saturated carbocycles. The van der Waals surface area contributed by atoms with E-state index in [1.165, 1.54) is 11.1 Å². The molecule has 0 N–H and O–H groups in total. The largest absolute Gasteiger partial charge is 0.368 e. The molecule has 0 radical (unpaired) electrons. The third-order valence-corrected chi connectivity index (χ3v) is 2.12. The molecule has 1 aromatic carbocycles. The Kier molecular flexibility index (Phi) is 1.66. The maximum atomic E-state index is 5.24. The smallest absolute Gasteiger partial charge is 0.106 e. The molecule has 0 spiro atoms. The van der Waals surface area contributed by atoms with Gasteiger partial charge in [0.15, 0.2) is 0 Å². The van der Waals surface area contributed by atoms with Gasteiger partial charge < -0.3 is 4.74 Å². The summed E-state index contributed by atoms with van der Waals surface area (Å²) in [5, 5.41) is 0. The average Bonchev–Trinajstić information content (AvgIpc) is 2.87. The van der Waals surface area contributed by atoms with Crippen LogP contribution >= 0.6 is 0 Å². The number of hydrogen-bond donors (Lipinski definition) is 0. The number of hydrogen-bond acceptors (Lipinski definition) is 1. The average molecular weight is 148 g/mol. The van der Waals surface area contributed by atoms with E-state index < -0.39 is 0 Å². The number of benzene rings is 1. The van der Waals surface area contributed by atoms with Gasteiger partial charge in [-0.2, -0.15) is 0 Å². The van der Waals surface area contributed by atoms with Gasteiger partial charge in [0.2, 0.25) is 0 Å². The molecule has 1 aliphatic heterocycles. The van der Waals surface area contributed by atoms with Crippen LogP contribution in [0.4, 0.5) is 0 Å². The predicted molar refractivity (Wildman–Crippen MR) is 44.5 cm³/mol. The molecule has 0 aliphatic carbocycles. The number of rotatable bonds is 2. The summed E-state index contributed by atoms with van der Waals surface area (Å²) in [6.45, 7) is 3.10. The monoisotopic (exact) mass is 148 g/mol. The van der Waals surface area contributed by atoms with Gasteiger partial charge in [0.05, 0.1) is 6.61 Å². The molecule has 2 rings (SSSR count). The van der Waals surface area contributed by atoms with Crippen LogP contribution in [0.1, 0.15) is 24.2 Å². The molecule has 11 heavy (non-hydrogen) atoms. The summed E-state index contributed by atoms with van der Waals surface area (Å²) in [6, 6.07) is 8.51. The van der Waals surface area contributed by atoms with E-state index in [0.717, 1.165) is 13.0 Å². The summed E-state index contributed by atoms with van der Waals surface area (Å²) in [5.74, 6) is 0. The minimum absolute atomic E-state index is 0.408. The highest BCUT2D eigenvalue weighted by atomic mass is 16.6. The van der Waals surface area contributed by atoms with E-state index >= 15 is 0 Å². The van der Waals surface area contributed by atoms with Gasteiger partial charge in [0.1, 0.15) is 6.10 Å².